The first kappa shape index (κ1) is 8.45. The zero-order chi connectivity index (χ0) is 9.71. The highest BCUT2D eigenvalue weighted by molar-refractivity contribution is 7.20. The number of fused-ring (bicyclic) bond motifs is 2. The Morgan fingerprint density at radius 2 is 1.93 bits per heavy atom. The van der Waals surface area contributed by atoms with E-state index in [-0.39, 0.29) is 0 Å². The van der Waals surface area contributed by atoms with E-state index in [0.29, 0.717) is 0 Å². The molecular formula is C12H10S2. The molecule has 70 valence electrons. The molecule has 0 nitrogen and oxygen atoms in total. The van der Waals surface area contributed by atoms with E-state index in [1.165, 1.54) is 30.6 Å². The van der Waals surface area contributed by atoms with Crippen LogP contribution in [0.4, 0.5) is 0 Å². The van der Waals surface area contributed by atoms with E-state index in [9.17, 15) is 0 Å². The number of hydrogen-bond acceptors (Lipinski definition) is 2. The molecule has 14 heavy (non-hydrogen) atoms. The standard InChI is InChI=1S/C12H10S2/c1-7-8(2)14-12-6-11-9(3-4-13-11)5-10(7)12/h3-6H,1-2H3. The van der Waals surface area contributed by atoms with Gasteiger partial charge >= 0.3 is 0 Å². The summed E-state index contributed by atoms with van der Waals surface area (Å²) in [4.78, 5) is 1.44. The zero-order valence-electron chi connectivity index (χ0n) is 8.13. The Morgan fingerprint density at radius 1 is 1.07 bits per heavy atom. The van der Waals surface area contributed by atoms with Crippen molar-refractivity contribution < 1.29 is 0 Å². The quantitative estimate of drug-likeness (QED) is 0.511. The van der Waals surface area contributed by atoms with Crippen molar-refractivity contribution in [1.82, 2.24) is 0 Å². The fourth-order valence-electron chi connectivity index (χ4n) is 1.80. The second-order valence-electron chi connectivity index (χ2n) is 3.59. The maximum Gasteiger partial charge on any atom is 0.0362 e. The fourth-order valence-corrected chi connectivity index (χ4v) is 3.78. The molecule has 0 N–H and O–H groups in total. The van der Waals surface area contributed by atoms with Crippen molar-refractivity contribution in [1.29, 1.82) is 0 Å². The van der Waals surface area contributed by atoms with E-state index >= 15 is 0 Å². The summed E-state index contributed by atoms with van der Waals surface area (Å²) >= 11 is 3.73. The van der Waals surface area contributed by atoms with Crippen molar-refractivity contribution in [2.75, 3.05) is 0 Å². The van der Waals surface area contributed by atoms with Crippen LogP contribution in [0.3, 0.4) is 0 Å². The van der Waals surface area contributed by atoms with Gasteiger partial charge in [0.15, 0.2) is 0 Å². The normalized spacial score (nSPS) is 11.6. The molecular weight excluding hydrogens is 208 g/mol. The van der Waals surface area contributed by atoms with Crippen molar-refractivity contribution in [2.24, 2.45) is 0 Å². The Hall–Kier alpha value is -0.860. The minimum atomic E-state index is 1.38. The molecule has 0 radical (unpaired) electrons. The molecule has 2 aromatic heterocycles. The molecule has 0 amide bonds. The van der Waals surface area contributed by atoms with Crippen LogP contribution in [0.15, 0.2) is 23.6 Å². The van der Waals surface area contributed by atoms with Crippen LogP contribution in [-0.4, -0.2) is 0 Å². The van der Waals surface area contributed by atoms with Crippen molar-refractivity contribution in [2.45, 2.75) is 13.8 Å². The topological polar surface area (TPSA) is 0 Å². The number of thiophene rings is 2. The predicted molar refractivity (Wildman–Crippen MR) is 66.7 cm³/mol. The lowest BCUT2D eigenvalue weighted by Crippen LogP contribution is -1.70. The molecule has 0 bridgehead atoms. The van der Waals surface area contributed by atoms with Gasteiger partial charge in [0.2, 0.25) is 0 Å². The molecule has 3 rings (SSSR count). The molecule has 0 aliphatic heterocycles. The molecule has 0 aliphatic rings. The van der Waals surface area contributed by atoms with E-state index < -0.39 is 0 Å². The van der Waals surface area contributed by atoms with Crippen molar-refractivity contribution in [3.63, 3.8) is 0 Å². The molecule has 0 spiro atoms. The number of hydrogen-bond donors (Lipinski definition) is 0. The number of aryl methyl sites for hydroxylation is 2. The molecule has 2 heterocycles. The third-order valence-corrected chi connectivity index (χ3v) is 4.80. The predicted octanol–water partition coefficient (Wildman–Crippen LogP) is 4.73. The van der Waals surface area contributed by atoms with Crippen LogP contribution in [-0.2, 0) is 0 Å². The van der Waals surface area contributed by atoms with Crippen LogP contribution in [0.25, 0.3) is 20.2 Å². The molecule has 3 aromatic rings. The molecule has 2 heteroatoms. The molecule has 0 unspecified atom stereocenters. The Bertz CT molecular complexity index is 614. The highest BCUT2D eigenvalue weighted by atomic mass is 32.1. The average molecular weight is 218 g/mol. The Morgan fingerprint density at radius 3 is 2.79 bits per heavy atom. The Kier molecular flexibility index (Phi) is 1.70. The van der Waals surface area contributed by atoms with E-state index in [2.05, 4.69) is 37.4 Å². The summed E-state index contributed by atoms with van der Waals surface area (Å²) in [5.74, 6) is 0. The van der Waals surface area contributed by atoms with E-state index in [4.69, 9.17) is 0 Å². The summed E-state index contributed by atoms with van der Waals surface area (Å²) in [7, 11) is 0. The van der Waals surface area contributed by atoms with Crippen LogP contribution in [0.2, 0.25) is 0 Å². The minimum absolute atomic E-state index is 1.38. The van der Waals surface area contributed by atoms with Gasteiger partial charge in [0.05, 0.1) is 0 Å². The molecule has 0 fully saturated rings. The highest BCUT2D eigenvalue weighted by Gasteiger charge is 2.06. The van der Waals surface area contributed by atoms with Gasteiger partial charge in [-0.05, 0) is 53.8 Å². The maximum absolute atomic E-state index is 2.32. The highest BCUT2D eigenvalue weighted by Crippen LogP contribution is 2.34. The van der Waals surface area contributed by atoms with Crippen LogP contribution in [0.5, 0.6) is 0 Å². The van der Waals surface area contributed by atoms with Crippen LogP contribution >= 0.6 is 22.7 Å². The van der Waals surface area contributed by atoms with E-state index in [1.54, 1.807) is 0 Å². The monoisotopic (exact) mass is 218 g/mol. The lowest BCUT2D eigenvalue weighted by molar-refractivity contribution is 1.47. The summed E-state index contributed by atoms with van der Waals surface area (Å²) < 4.78 is 2.83. The summed E-state index contributed by atoms with van der Waals surface area (Å²) in [5, 5.41) is 4.97. The van der Waals surface area contributed by atoms with E-state index in [0.717, 1.165) is 0 Å². The van der Waals surface area contributed by atoms with Gasteiger partial charge in [0.1, 0.15) is 0 Å². The number of rotatable bonds is 0. The summed E-state index contributed by atoms with van der Waals surface area (Å²) in [5.41, 5.74) is 1.44. The van der Waals surface area contributed by atoms with Crippen molar-refractivity contribution >= 4 is 42.8 Å². The first-order valence-corrected chi connectivity index (χ1v) is 6.32. The van der Waals surface area contributed by atoms with Gasteiger partial charge in [-0.25, -0.2) is 0 Å². The average Bonchev–Trinajstić information content (AvgIpc) is 2.70. The fraction of sp³-hybridized carbons (Fsp3) is 0.167. The van der Waals surface area contributed by atoms with Gasteiger partial charge < -0.3 is 0 Å². The minimum Gasteiger partial charge on any atom is -0.144 e. The van der Waals surface area contributed by atoms with Gasteiger partial charge in [-0.1, -0.05) is 0 Å². The second kappa shape index (κ2) is 2.81. The smallest absolute Gasteiger partial charge is 0.0362 e. The molecule has 1 aromatic carbocycles. The lowest BCUT2D eigenvalue weighted by atomic mass is 10.1. The maximum atomic E-state index is 2.32. The second-order valence-corrected chi connectivity index (χ2v) is 5.79. The Labute approximate surface area is 90.8 Å². The zero-order valence-corrected chi connectivity index (χ0v) is 9.76. The van der Waals surface area contributed by atoms with Gasteiger partial charge in [0.25, 0.3) is 0 Å². The van der Waals surface area contributed by atoms with Gasteiger partial charge in [-0.15, -0.1) is 22.7 Å². The van der Waals surface area contributed by atoms with Crippen LogP contribution in [0, 0.1) is 13.8 Å². The summed E-state index contributed by atoms with van der Waals surface area (Å²) in [6, 6.07) is 6.84. The summed E-state index contributed by atoms with van der Waals surface area (Å²) in [6.07, 6.45) is 0. The summed E-state index contributed by atoms with van der Waals surface area (Å²) in [6.45, 7) is 4.42. The van der Waals surface area contributed by atoms with Crippen molar-refractivity contribution in [3.8, 4) is 0 Å². The molecule has 0 atom stereocenters. The largest absolute Gasteiger partial charge is 0.144 e. The van der Waals surface area contributed by atoms with Gasteiger partial charge in [0, 0.05) is 14.3 Å². The van der Waals surface area contributed by atoms with Crippen LogP contribution < -0.4 is 0 Å². The molecule has 0 saturated carbocycles. The van der Waals surface area contributed by atoms with Gasteiger partial charge in [-0.3, -0.25) is 0 Å². The Balaban J connectivity index is 2.56. The van der Waals surface area contributed by atoms with Crippen LogP contribution in [0.1, 0.15) is 10.4 Å². The van der Waals surface area contributed by atoms with Crippen molar-refractivity contribution in [3.05, 3.63) is 34.0 Å². The molecule has 0 saturated heterocycles. The lowest BCUT2D eigenvalue weighted by Gasteiger charge is -1.92. The third-order valence-electron chi connectivity index (χ3n) is 2.75. The van der Waals surface area contributed by atoms with Gasteiger partial charge in [-0.2, -0.15) is 0 Å². The third kappa shape index (κ3) is 1.04. The molecule has 0 aliphatic carbocycles. The SMILES string of the molecule is Cc1sc2cc3sccc3cc2c1C. The first-order chi connectivity index (χ1) is 6.75. The first-order valence-electron chi connectivity index (χ1n) is 4.62. The van der Waals surface area contributed by atoms with E-state index in [1.807, 2.05) is 22.7 Å². The number of benzene rings is 1.